The normalized spacial score (nSPS) is 21.8. The van der Waals surface area contributed by atoms with Gasteiger partial charge in [0.1, 0.15) is 0 Å². The van der Waals surface area contributed by atoms with E-state index in [2.05, 4.69) is 39.6 Å². The van der Waals surface area contributed by atoms with Crippen molar-refractivity contribution >= 4 is 15.9 Å². The highest BCUT2D eigenvalue weighted by Gasteiger charge is 2.19. The summed E-state index contributed by atoms with van der Waals surface area (Å²) in [4.78, 5) is 0. The van der Waals surface area contributed by atoms with Gasteiger partial charge in [-0.3, -0.25) is 11.3 Å². The molecule has 1 aliphatic heterocycles. The van der Waals surface area contributed by atoms with E-state index >= 15 is 0 Å². The average Bonchev–Trinajstić information content (AvgIpc) is 2.39. The number of hydrogen-bond acceptors (Lipinski definition) is 3. The van der Waals surface area contributed by atoms with E-state index in [4.69, 9.17) is 10.6 Å². The molecule has 2 unspecified atom stereocenters. The molecule has 0 spiro atoms. The second-order valence-corrected chi connectivity index (χ2v) is 5.84. The third kappa shape index (κ3) is 4.35. The van der Waals surface area contributed by atoms with Gasteiger partial charge in [0.15, 0.2) is 0 Å². The van der Waals surface area contributed by atoms with Crippen LogP contribution in [-0.2, 0) is 11.2 Å². The molecule has 0 bridgehead atoms. The number of nitrogens with two attached hydrogens (primary N) is 1. The predicted octanol–water partition coefficient (Wildman–Crippen LogP) is 2.78. The molecule has 2 rings (SSSR count). The van der Waals surface area contributed by atoms with Gasteiger partial charge in [-0.15, -0.1) is 0 Å². The molecule has 2 atom stereocenters. The van der Waals surface area contributed by atoms with E-state index in [-0.39, 0.29) is 6.04 Å². The van der Waals surface area contributed by atoms with Gasteiger partial charge in [-0.1, -0.05) is 28.1 Å². The minimum atomic E-state index is 0.280. The second kappa shape index (κ2) is 7.24. The molecule has 1 aromatic carbocycles. The average molecular weight is 313 g/mol. The Bertz CT molecular complexity index is 367. The lowest BCUT2D eigenvalue weighted by Crippen LogP contribution is -2.40. The van der Waals surface area contributed by atoms with Gasteiger partial charge >= 0.3 is 0 Å². The molecule has 4 heteroatoms. The van der Waals surface area contributed by atoms with Gasteiger partial charge in [0.2, 0.25) is 0 Å². The molecule has 18 heavy (non-hydrogen) atoms. The van der Waals surface area contributed by atoms with E-state index in [9.17, 15) is 0 Å². The lowest BCUT2D eigenvalue weighted by molar-refractivity contribution is 0.00524. The molecule has 0 aromatic heterocycles. The van der Waals surface area contributed by atoms with Crippen molar-refractivity contribution in [3.05, 3.63) is 34.3 Å². The first-order valence-corrected chi connectivity index (χ1v) is 7.39. The Hall–Kier alpha value is -0.420. The third-order valence-electron chi connectivity index (χ3n) is 3.43. The molecule has 100 valence electrons. The van der Waals surface area contributed by atoms with Crippen LogP contribution in [0.5, 0.6) is 0 Å². The number of hydrogen-bond donors (Lipinski definition) is 2. The van der Waals surface area contributed by atoms with Crippen LogP contribution in [0.1, 0.15) is 31.2 Å². The highest BCUT2D eigenvalue weighted by atomic mass is 79.9. The van der Waals surface area contributed by atoms with Crippen molar-refractivity contribution in [3.8, 4) is 0 Å². The van der Waals surface area contributed by atoms with Crippen molar-refractivity contribution in [3.63, 3.8) is 0 Å². The van der Waals surface area contributed by atoms with Crippen LogP contribution >= 0.6 is 15.9 Å². The molecule has 0 radical (unpaired) electrons. The van der Waals surface area contributed by atoms with Crippen molar-refractivity contribution < 1.29 is 4.74 Å². The summed E-state index contributed by atoms with van der Waals surface area (Å²) in [5, 5.41) is 0. The Morgan fingerprint density at radius 1 is 1.44 bits per heavy atom. The summed E-state index contributed by atoms with van der Waals surface area (Å²) in [6.45, 7) is 0.902. The topological polar surface area (TPSA) is 47.3 Å². The Kier molecular flexibility index (Phi) is 5.63. The van der Waals surface area contributed by atoms with Gasteiger partial charge in [0, 0.05) is 17.1 Å². The van der Waals surface area contributed by atoms with Gasteiger partial charge in [-0.2, -0.15) is 0 Å². The van der Waals surface area contributed by atoms with Gasteiger partial charge < -0.3 is 4.74 Å². The second-order valence-electron chi connectivity index (χ2n) is 4.92. The van der Waals surface area contributed by atoms with E-state index in [0.29, 0.717) is 6.10 Å². The molecule has 1 aromatic rings. The summed E-state index contributed by atoms with van der Waals surface area (Å²) in [5.41, 5.74) is 4.22. The maximum absolute atomic E-state index is 5.77. The van der Waals surface area contributed by atoms with Crippen LogP contribution in [0.2, 0.25) is 0 Å². The van der Waals surface area contributed by atoms with Crippen molar-refractivity contribution in [1.29, 1.82) is 0 Å². The fraction of sp³-hybridized carbons (Fsp3) is 0.571. The maximum atomic E-state index is 5.77. The summed E-state index contributed by atoms with van der Waals surface area (Å²) in [6.07, 6.45) is 5.93. The summed E-state index contributed by atoms with van der Waals surface area (Å²) >= 11 is 3.50. The smallest absolute Gasteiger partial charge is 0.0590 e. The van der Waals surface area contributed by atoms with Gasteiger partial charge in [0.25, 0.3) is 0 Å². The Morgan fingerprint density at radius 3 is 3.00 bits per heavy atom. The van der Waals surface area contributed by atoms with Crippen molar-refractivity contribution in [1.82, 2.24) is 5.43 Å². The molecule has 0 amide bonds. The number of hydrazine groups is 1. The zero-order valence-corrected chi connectivity index (χ0v) is 12.2. The first kappa shape index (κ1) is 14.0. The summed E-state index contributed by atoms with van der Waals surface area (Å²) < 4.78 is 6.88. The molecular formula is C14H21BrN2O. The lowest BCUT2D eigenvalue weighted by atomic mass is 9.97. The van der Waals surface area contributed by atoms with Crippen LogP contribution in [0.3, 0.4) is 0 Å². The van der Waals surface area contributed by atoms with Gasteiger partial charge in [-0.05, 0) is 49.8 Å². The van der Waals surface area contributed by atoms with E-state index < -0.39 is 0 Å². The first-order chi connectivity index (χ1) is 8.78. The molecule has 1 fully saturated rings. The van der Waals surface area contributed by atoms with Crippen molar-refractivity contribution in [2.24, 2.45) is 5.84 Å². The molecule has 1 aliphatic rings. The lowest BCUT2D eigenvalue weighted by Gasteiger charge is -2.26. The van der Waals surface area contributed by atoms with Crippen LogP contribution in [0.15, 0.2) is 28.7 Å². The predicted molar refractivity (Wildman–Crippen MR) is 77.2 cm³/mol. The number of ether oxygens (including phenoxy) is 1. The molecular weight excluding hydrogens is 292 g/mol. The molecule has 3 nitrogen and oxygen atoms in total. The SMILES string of the molecule is NNC(Cc1cccc(Br)c1)CC1CCCCO1. The Labute approximate surface area is 117 Å². The van der Waals surface area contributed by atoms with Crippen LogP contribution in [0, 0.1) is 0 Å². The van der Waals surface area contributed by atoms with E-state index in [0.717, 1.165) is 30.3 Å². The number of halogens is 1. The standard InChI is InChI=1S/C14H21BrN2O/c15-12-5-3-4-11(8-12)9-13(17-16)10-14-6-1-2-7-18-14/h3-5,8,13-14,17H,1-2,6-7,9-10,16H2. The maximum Gasteiger partial charge on any atom is 0.0590 e. The fourth-order valence-corrected chi connectivity index (χ4v) is 2.92. The molecule has 3 N–H and O–H groups in total. The molecule has 1 saturated heterocycles. The van der Waals surface area contributed by atoms with Crippen LogP contribution < -0.4 is 11.3 Å². The monoisotopic (exact) mass is 312 g/mol. The molecule has 1 heterocycles. The highest BCUT2D eigenvalue weighted by Crippen LogP contribution is 2.19. The Balaban J connectivity index is 1.88. The van der Waals surface area contributed by atoms with Gasteiger partial charge in [0.05, 0.1) is 6.10 Å². The minimum Gasteiger partial charge on any atom is -0.378 e. The van der Waals surface area contributed by atoms with Gasteiger partial charge in [-0.25, -0.2) is 0 Å². The van der Waals surface area contributed by atoms with Crippen LogP contribution in [0.25, 0.3) is 0 Å². The summed E-state index contributed by atoms with van der Waals surface area (Å²) in [7, 11) is 0. The van der Waals surface area contributed by atoms with Crippen molar-refractivity contribution in [2.75, 3.05) is 6.61 Å². The number of rotatable bonds is 5. The van der Waals surface area contributed by atoms with Crippen LogP contribution in [-0.4, -0.2) is 18.8 Å². The minimum absolute atomic E-state index is 0.280. The first-order valence-electron chi connectivity index (χ1n) is 6.60. The highest BCUT2D eigenvalue weighted by molar-refractivity contribution is 9.10. The van der Waals surface area contributed by atoms with E-state index in [1.807, 2.05) is 6.07 Å². The number of benzene rings is 1. The van der Waals surface area contributed by atoms with E-state index in [1.165, 1.54) is 18.4 Å². The largest absolute Gasteiger partial charge is 0.378 e. The van der Waals surface area contributed by atoms with Crippen LogP contribution in [0.4, 0.5) is 0 Å². The number of nitrogens with one attached hydrogen (secondary N) is 1. The summed E-state index contributed by atoms with van der Waals surface area (Å²) in [5.74, 6) is 5.66. The van der Waals surface area contributed by atoms with E-state index in [1.54, 1.807) is 0 Å². The molecule has 0 aliphatic carbocycles. The fourth-order valence-electron chi connectivity index (χ4n) is 2.47. The molecule has 0 saturated carbocycles. The Morgan fingerprint density at radius 2 is 2.33 bits per heavy atom. The summed E-state index contributed by atoms with van der Waals surface area (Å²) in [6, 6.07) is 8.66. The zero-order valence-electron chi connectivity index (χ0n) is 10.6. The third-order valence-corrected chi connectivity index (χ3v) is 3.92. The quantitative estimate of drug-likeness (QED) is 0.649. The van der Waals surface area contributed by atoms with Crippen molar-refractivity contribution in [2.45, 2.75) is 44.2 Å². The zero-order chi connectivity index (χ0) is 12.8.